The predicted molar refractivity (Wildman–Crippen MR) is 118 cm³/mol. The first-order valence-electron chi connectivity index (χ1n) is 9.62. The highest BCUT2D eigenvalue weighted by atomic mass is 32.1. The fourth-order valence-electron chi connectivity index (χ4n) is 2.91. The quantitative estimate of drug-likeness (QED) is 0.400. The van der Waals surface area contributed by atoms with Crippen LogP contribution in [0.15, 0.2) is 41.4 Å². The molecule has 0 unspecified atom stereocenters. The Morgan fingerprint density at radius 2 is 1.87 bits per heavy atom. The lowest BCUT2D eigenvalue weighted by Crippen LogP contribution is -2.16. The van der Waals surface area contributed by atoms with Gasteiger partial charge in [0.25, 0.3) is 5.91 Å². The monoisotopic (exact) mass is 424 g/mol. The minimum absolute atomic E-state index is 0.284. The van der Waals surface area contributed by atoms with Gasteiger partial charge < -0.3 is 18.8 Å². The maximum atomic E-state index is 12.8. The van der Waals surface area contributed by atoms with Gasteiger partial charge in [-0.2, -0.15) is 4.99 Å². The van der Waals surface area contributed by atoms with Crippen LogP contribution in [0, 0.1) is 12.3 Å². The average molecular weight is 425 g/mol. The lowest BCUT2D eigenvalue weighted by Gasteiger charge is -2.08. The normalized spacial score (nSPS) is 11.3. The minimum Gasteiger partial charge on any atom is -0.494 e. The van der Waals surface area contributed by atoms with Crippen molar-refractivity contribution in [2.45, 2.75) is 26.3 Å². The second kappa shape index (κ2) is 9.99. The zero-order valence-electron chi connectivity index (χ0n) is 17.3. The number of terminal acetylenes is 1. The Balaban J connectivity index is 1.97. The highest BCUT2D eigenvalue weighted by molar-refractivity contribution is 7.16. The maximum absolute atomic E-state index is 12.8. The van der Waals surface area contributed by atoms with E-state index < -0.39 is 0 Å². The summed E-state index contributed by atoms with van der Waals surface area (Å²) in [6, 6.07) is 10.7. The Morgan fingerprint density at radius 1 is 1.17 bits per heavy atom. The van der Waals surface area contributed by atoms with Gasteiger partial charge in [-0.1, -0.05) is 30.6 Å². The summed E-state index contributed by atoms with van der Waals surface area (Å²) in [6.07, 6.45) is 7.61. The molecule has 0 aliphatic carbocycles. The number of hydrogen-bond donors (Lipinski definition) is 0. The largest absolute Gasteiger partial charge is 0.494 e. The van der Waals surface area contributed by atoms with Crippen LogP contribution in [0.1, 0.15) is 30.1 Å². The van der Waals surface area contributed by atoms with E-state index in [2.05, 4.69) is 17.8 Å². The minimum atomic E-state index is -0.341. The van der Waals surface area contributed by atoms with Crippen LogP contribution < -0.4 is 19.0 Å². The summed E-state index contributed by atoms with van der Waals surface area (Å²) in [4.78, 5) is 17.6. The van der Waals surface area contributed by atoms with Crippen molar-refractivity contribution in [1.82, 2.24) is 4.57 Å². The highest BCUT2D eigenvalue weighted by Gasteiger charge is 2.13. The molecule has 156 valence electrons. The second-order valence-corrected chi connectivity index (χ2v) is 7.50. The predicted octanol–water partition coefficient (Wildman–Crippen LogP) is 4.27. The van der Waals surface area contributed by atoms with Gasteiger partial charge in [-0.25, -0.2) is 0 Å². The Labute approximate surface area is 179 Å². The first-order valence-corrected chi connectivity index (χ1v) is 10.4. The van der Waals surface area contributed by atoms with Crippen LogP contribution in [0.3, 0.4) is 0 Å². The molecule has 0 radical (unpaired) electrons. The van der Waals surface area contributed by atoms with Crippen molar-refractivity contribution < 1.29 is 19.0 Å². The van der Waals surface area contributed by atoms with E-state index in [-0.39, 0.29) is 12.5 Å². The summed E-state index contributed by atoms with van der Waals surface area (Å²) in [5, 5.41) is 0. The Morgan fingerprint density at radius 3 is 2.50 bits per heavy atom. The van der Waals surface area contributed by atoms with E-state index in [1.165, 1.54) is 11.3 Å². The van der Waals surface area contributed by atoms with Crippen LogP contribution >= 0.6 is 11.3 Å². The van der Waals surface area contributed by atoms with Crippen molar-refractivity contribution >= 4 is 27.5 Å². The topological polar surface area (TPSA) is 62.1 Å². The van der Waals surface area contributed by atoms with Crippen LogP contribution in [0.25, 0.3) is 10.2 Å². The summed E-state index contributed by atoms with van der Waals surface area (Å²) < 4.78 is 19.1. The van der Waals surface area contributed by atoms with Gasteiger partial charge in [0.2, 0.25) is 0 Å². The third-order valence-electron chi connectivity index (χ3n) is 4.50. The fourth-order valence-corrected chi connectivity index (χ4v) is 3.94. The molecule has 0 N–H and O–H groups in total. The number of methoxy groups -OCH3 is 2. The van der Waals surface area contributed by atoms with Crippen molar-refractivity contribution in [2.24, 2.45) is 4.99 Å². The molecule has 3 aromatic rings. The summed E-state index contributed by atoms with van der Waals surface area (Å²) in [6.45, 7) is 3.06. The zero-order chi connectivity index (χ0) is 21.5. The number of ether oxygens (including phenoxy) is 3. The van der Waals surface area contributed by atoms with Gasteiger partial charge in [0.05, 0.1) is 37.6 Å². The summed E-state index contributed by atoms with van der Waals surface area (Å²) in [5.74, 6) is 4.22. The number of benzene rings is 2. The number of thiazole rings is 1. The standard InChI is InChI=1S/C23H24N2O4S/c1-5-7-13-29-17-10-8-16(9-11-17)22(26)24-23-25(12-6-2)18-14-19(27-3)20(28-4)15-21(18)30-23/h2,8-11,14-15H,5,7,12-13H2,1,3-4H3. The molecule has 0 atom stereocenters. The Kier molecular flexibility index (Phi) is 7.15. The number of carbonyl (C=O) groups excluding carboxylic acids is 1. The molecule has 1 aromatic heterocycles. The molecule has 0 bridgehead atoms. The first-order chi connectivity index (χ1) is 14.6. The molecular weight excluding hydrogens is 400 g/mol. The molecule has 0 saturated carbocycles. The van der Waals surface area contributed by atoms with Crippen molar-refractivity contribution in [3.05, 3.63) is 46.8 Å². The molecule has 1 amide bonds. The summed E-state index contributed by atoms with van der Waals surface area (Å²) in [5.41, 5.74) is 1.32. The van der Waals surface area contributed by atoms with E-state index in [1.54, 1.807) is 38.5 Å². The summed E-state index contributed by atoms with van der Waals surface area (Å²) >= 11 is 1.37. The average Bonchev–Trinajstić information content (AvgIpc) is 3.09. The van der Waals surface area contributed by atoms with Crippen molar-refractivity contribution in [3.63, 3.8) is 0 Å². The number of hydrogen-bond acceptors (Lipinski definition) is 5. The number of amides is 1. The fraction of sp³-hybridized carbons (Fsp3) is 0.304. The summed E-state index contributed by atoms with van der Waals surface area (Å²) in [7, 11) is 3.16. The van der Waals surface area contributed by atoms with E-state index in [1.807, 2.05) is 16.7 Å². The number of nitrogens with zero attached hydrogens (tertiary/aromatic N) is 2. The van der Waals surface area contributed by atoms with Gasteiger partial charge in [-0.05, 0) is 30.7 Å². The molecule has 0 saturated heterocycles. The third kappa shape index (κ3) is 4.66. The number of carbonyl (C=O) groups is 1. The van der Waals surface area contributed by atoms with E-state index in [0.29, 0.717) is 28.5 Å². The molecule has 0 aliphatic rings. The van der Waals surface area contributed by atoms with Crippen molar-refractivity contribution in [1.29, 1.82) is 0 Å². The Bertz CT molecular complexity index is 1140. The Hall–Kier alpha value is -3.24. The van der Waals surface area contributed by atoms with Gasteiger partial charge in [-0.15, -0.1) is 6.42 Å². The van der Waals surface area contributed by atoms with Crippen molar-refractivity contribution in [2.75, 3.05) is 20.8 Å². The van der Waals surface area contributed by atoms with Crippen LogP contribution in [0.5, 0.6) is 17.2 Å². The molecule has 7 heteroatoms. The van der Waals surface area contributed by atoms with Crippen LogP contribution in [0.4, 0.5) is 0 Å². The second-order valence-electron chi connectivity index (χ2n) is 6.49. The van der Waals surface area contributed by atoms with Gasteiger partial charge in [0.1, 0.15) is 5.75 Å². The number of unbranched alkanes of at least 4 members (excludes halogenated alkanes) is 1. The smallest absolute Gasteiger partial charge is 0.279 e. The molecule has 0 aliphatic heterocycles. The van der Waals surface area contributed by atoms with E-state index >= 15 is 0 Å². The van der Waals surface area contributed by atoms with E-state index in [4.69, 9.17) is 20.6 Å². The maximum Gasteiger partial charge on any atom is 0.279 e. The van der Waals surface area contributed by atoms with Gasteiger partial charge in [0, 0.05) is 17.7 Å². The zero-order valence-corrected chi connectivity index (χ0v) is 18.1. The van der Waals surface area contributed by atoms with Crippen molar-refractivity contribution in [3.8, 4) is 29.6 Å². The number of aromatic nitrogens is 1. The highest BCUT2D eigenvalue weighted by Crippen LogP contribution is 2.33. The molecule has 30 heavy (non-hydrogen) atoms. The SMILES string of the molecule is C#CCn1c(=NC(=O)c2ccc(OCCCC)cc2)sc2cc(OC)c(OC)cc21. The van der Waals surface area contributed by atoms with Gasteiger partial charge >= 0.3 is 0 Å². The molecular formula is C23H24N2O4S. The van der Waals surface area contributed by atoms with Crippen LogP contribution in [0.2, 0.25) is 0 Å². The third-order valence-corrected chi connectivity index (χ3v) is 5.54. The van der Waals surface area contributed by atoms with Crippen LogP contribution in [-0.2, 0) is 6.54 Å². The molecule has 3 rings (SSSR count). The van der Waals surface area contributed by atoms with E-state index in [0.717, 1.165) is 28.8 Å². The van der Waals surface area contributed by atoms with Gasteiger partial charge in [-0.3, -0.25) is 4.79 Å². The van der Waals surface area contributed by atoms with Gasteiger partial charge in [0.15, 0.2) is 16.3 Å². The molecule has 0 spiro atoms. The molecule has 0 fully saturated rings. The number of rotatable bonds is 8. The van der Waals surface area contributed by atoms with Crippen LogP contribution in [-0.4, -0.2) is 31.3 Å². The molecule has 2 aromatic carbocycles. The van der Waals surface area contributed by atoms with E-state index in [9.17, 15) is 4.79 Å². The lowest BCUT2D eigenvalue weighted by molar-refractivity contribution is 0.0998. The molecule has 6 nitrogen and oxygen atoms in total. The first kappa shape index (κ1) is 21.5. The number of fused-ring (bicyclic) bond motifs is 1. The molecule has 1 heterocycles. The lowest BCUT2D eigenvalue weighted by atomic mass is 10.2.